The van der Waals surface area contributed by atoms with Gasteiger partial charge < -0.3 is 23.7 Å². The standard InChI is InChI=1S/C20H19NO6/c1-23-14-7-5-6-12(8-14)19-21-15(20(22)27-19)9-13-10-17(25-3)18(26-4)11-16(13)24-2/h5-11H,1-4H3/b15-9-. The largest absolute Gasteiger partial charge is 0.497 e. The van der Waals surface area contributed by atoms with E-state index in [9.17, 15) is 4.79 Å². The number of hydrogen-bond acceptors (Lipinski definition) is 7. The lowest BCUT2D eigenvalue weighted by molar-refractivity contribution is -0.129. The molecule has 140 valence electrons. The smallest absolute Gasteiger partial charge is 0.363 e. The lowest BCUT2D eigenvalue weighted by atomic mass is 10.1. The molecule has 0 unspecified atom stereocenters. The Morgan fingerprint density at radius 3 is 2.26 bits per heavy atom. The van der Waals surface area contributed by atoms with Crippen molar-refractivity contribution < 1.29 is 28.5 Å². The Hall–Kier alpha value is -3.48. The molecule has 0 spiro atoms. The SMILES string of the molecule is COc1cccc(C2=N/C(=C\c3cc(OC)c(OC)cc3OC)C(=O)O2)c1. The Kier molecular flexibility index (Phi) is 5.30. The molecule has 1 aliphatic rings. The van der Waals surface area contributed by atoms with Gasteiger partial charge in [-0.3, -0.25) is 0 Å². The van der Waals surface area contributed by atoms with E-state index in [1.807, 2.05) is 0 Å². The Labute approximate surface area is 156 Å². The number of esters is 1. The van der Waals surface area contributed by atoms with Crippen LogP contribution in [-0.4, -0.2) is 40.3 Å². The van der Waals surface area contributed by atoms with Gasteiger partial charge in [-0.1, -0.05) is 6.07 Å². The highest BCUT2D eigenvalue weighted by atomic mass is 16.6. The zero-order valence-electron chi connectivity index (χ0n) is 15.4. The summed E-state index contributed by atoms with van der Waals surface area (Å²) in [6.07, 6.45) is 1.58. The quantitative estimate of drug-likeness (QED) is 0.575. The van der Waals surface area contributed by atoms with E-state index in [0.29, 0.717) is 34.1 Å². The first-order valence-electron chi connectivity index (χ1n) is 8.06. The Balaban J connectivity index is 2.01. The van der Waals surface area contributed by atoms with Gasteiger partial charge in [0.25, 0.3) is 0 Å². The van der Waals surface area contributed by atoms with E-state index in [1.54, 1.807) is 49.6 Å². The lowest BCUT2D eigenvalue weighted by Gasteiger charge is -2.12. The molecule has 3 rings (SSSR count). The molecule has 1 heterocycles. The number of nitrogens with zero attached hydrogens (tertiary/aromatic N) is 1. The van der Waals surface area contributed by atoms with Crippen LogP contribution in [0.3, 0.4) is 0 Å². The van der Waals surface area contributed by atoms with Crippen molar-refractivity contribution in [2.45, 2.75) is 0 Å². The van der Waals surface area contributed by atoms with E-state index in [1.165, 1.54) is 21.3 Å². The van der Waals surface area contributed by atoms with Gasteiger partial charge in [0.2, 0.25) is 5.90 Å². The summed E-state index contributed by atoms with van der Waals surface area (Å²) in [5.74, 6) is 1.84. The second-order valence-corrected chi connectivity index (χ2v) is 5.52. The minimum absolute atomic E-state index is 0.151. The molecule has 0 radical (unpaired) electrons. The summed E-state index contributed by atoms with van der Waals surface area (Å²) in [6, 6.07) is 10.5. The predicted molar refractivity (Wildman–Crippen MR) is 99.7 cm³/mol. The number of rotatable bonds is 6. The molecule has 1 aliphatic heterocycles. The lowest BCUT2D eigenvalue weighted by Crippen LogP contribution is -2.05. The molecule has 0 amide bonds. The van der Waals surface area contributed by atoms with Crippen LogP contribution in [0.2, 0.25) is 0 Å². The third-order valence-corrected chi connectivity index (χ3v) is 3.97. The van der Waals surface area contributed by atoms with Gasteiger partial charge in [-0.2, -0.15) is 0 Å². The highest BCUT2D eigenvalue weighted by Gasteiger charge is 2.25. The third-order valence-electron chi connectivity index (χ3n) is 3.97. The highest BCUT2D eigenvalue weighted by molar-refractivity contribution is 6.13. The van der Waals surface area contributed by atoms with Crippen molar-refractivity contribution in [2.75, 3.05) is 28.4 Å². The van der Waals surface area contributed by atoms with Gasteiger partial charge in [-0.05, 0) is 30.3 Å². The van der Waals surface area contributed by atoms with Crippen LogP contribution in [0.5, 0.6) is 23.0 Å². The molecule has 2 aromatic carbocycles. The maximum absolute atomic E-state index is 12.3. The second kappa shape index (κ2) is 7.82. The molecule has 0 saturated heterocycles. The molecule has 2 aromatic rings. The zero-order chi connectivity index (χ0) is 19.4. The summed E-state index contributed by atoms with van der Waals surface area (Å²) in [6.45, 7) is 0. The van der Waals surface area contributed by atoms with E-state index in [4.69, 9.17) is 23.7 Å². The third kappa shape index (κ3) is 3.72. The average Bonchev–Trinajstić information content (AvgIpc) is 3.08. The molecule has 0 atom stereocenters. The van der Waals surface area contributed by atoms with Gasteiger partial charge in [-0.25, -0.2) is 9.79 Å². The van der Waals surface area contributed by atoms with Gasteiger partial charge >= 0.3 is 5.97 Å². The van der Waals surface area contributed by atoms with Crippen LogP contribution in [-0.2, 0) is 9.53 Å². The topological polar surface area (TPSA) is 75.6 Å². The van der Waals surface area contributed by atoms with Gasteiger partial charge in [-0.15, -0.1) is 0 Å². The molecule has 7 nitrogen and oxygen atoms in total. The molecular formula is C20H19NO6. The van der Waals surface area contributed by atoms with Crippen molar-refractivity contribution in [1.29, 1.82) is 0 Å². The van der Waals surface area contributed by atoms with Crippen molar-refractivity contribution in [2.24, 2.45) is 4.99 Å². The monoisotopic (exact) mass is 369 g/mol. The van der Waals surface area contributed by atoms with Crippen molar-refractivity contribution in [1.82, 2.24) is 0 Å². The first kappa shape index (κ1) is 18.3. The Bertz CT molecular complexity index is 932. The first-order valence-corrected chi connectivity index (χ1v) is 8.06. The number of aliphatic imine (C=N–C) groups is 1. The maximum Gasteiger partial charge on any atom is 0.363 e. The Morgan fingerprint density at radius 2 is 1.59 bits per heavy atom. The van der Waals surface area contributed by atoms with Crippen LogP contribution in [0, 0.1) is 0 Å². The van der Waals surface area contributed by atoms with Crippen molar-refractivity contribution in [3.63, 3.8) is 0 Å². The van der Waals surface area contributed by atoms with Crippen LogP contribution in [0.25, 0.3) is 6.08 Å². The van der Waals surface area contributed by atoms with E-state index in [0.717, 1.165) is 0 Å². The molecule has 27 heavy (non-hydrogen) atoms. The average molecular weight is 369 g/mol. The number of benzene rings is 2. The Morgan fingerprint density at radius 1 is 0.889 bits per heavy atom. The molecular weight excluding hydrogens is 350 g/mol. The van der Waals surface area contributed by atoms with E-state index < -0.39 is 5.97 Å². The van der Waals surface area contributed by atoms with Crippen LogP contribution >= 0.6 is 0 Å². The number of hydrogen-bond donors (Lipinski definition) is 0. The minimum Gasteiger partial charge on any atom is -0.497 e. The van der Waals surface area contributed by atoms with Gasteiger partial charge in [0, 0.05) is 17.2 Å². The van der Waals surface area contributed by atoms with Crippen LogP contribution in [0.1, 0.15) is 11.1 Å². The first-order chi connectivity index (χ1) is 13.1. The summed E-state index contributed by atoms with van der Waals surface area (Å²) >= 11 is 0. The predicted octanol–water partition coefficient (Wildman–Crippen LogP) is 3.07. The molecule has 0 aliphatic carbocycles. The number of carbonyl (C=O) groups is 1. The molecule has 7 heteroatoms. The summed E-state index contributed by atoms with van der Waals surface area (Å²) in [7, 11) is 6.16. The fraction of sp³-hybridized carbons (Fsp3) is 0.200. The summed E-state index contributed by atoms with van der Waals surface area (Å²) in [5, 5.41) is 0. The van der Waals surface area contributed by atoms with Crippen molar-refractivity contribution >= 4 is 17.9 Å². The van der Waals surface area contributed by atoms with Gasteiger partial charge in [0.05, 0.1) is 28.4 Å². The summed E-state index contributed by atoms with van der Waals surface area (Å²) in [5.41, 5.74) is 1.40. The molecule has 0 aromatic heterocycles. The zero-order valence-corrected chi connectivity index (χ0v) is 15.4. The number of ether oxygens (including phenoxy) is 5. The fourth-order valence-corrected chi connectivity index (χ4v) is 2.60. The number of methoxy groups -OCH3 is 4. The molecule has 0 bridgehead atoms. The normalized spacial score (nSPS) is 14.6. The number of cyclic esters (lactones) is 1. The van der Waals surface area contributed by atoms with E-state index in [2.05, 4.69) is 4.99 Å². The fourth-order valence-electron chi connectivity index (χ4n) is 2.60. The number of carbonyl (C=O) groups excluding carboxylic acids is 1. The van der Waals surface area contributed by atoms with E-state index in [-0.39, 0.29) is 11.6 Å². The van der Waals surface area contributed by atoms with Crippen molar-refractivity contribution in [3.05, 3.63) is 53.2 Å². The highest BCUT2D eigenvalue weighted by Crippen LogP contribution is 2.36. The summed E-state index contributed by atoms with van der Waals surface area (Å²) in [4.78, 5) is 16.6. The molecule has 0 fully saturated rings. The summed E-state index contributed by atoms with van der Waals surface area (Å²) < 4.78 is 26.4. The van der Waals surface area contributed by atoms with Crippen LogP contribution in [0.4, 0.5) is 0 Å². The van der Waals surface area contributed by atoms with Gasteiger partial charge in [0.15, 0.2) is 17.2 Å². The van der Waals surface area contributed by atoms with Crippen molar-refractivity contribution in [3.8, 4) is 23.0 Å². The maximum atomic E-state index is 12.3. The van der Waals surface area contributed by atoms with Crippen LogP contribution in [0.15, 0.2) is 47.1 Å². The molecule has 0 saturated carbocycles. The minimum atomic E-state index is -0.551. The molecule has 0 N–H and O–H groups in total. The van der Waals surface area contributed by atoms with E-state index >= 15 is 0 Å². The van der Waals surface area contributed by atoms with Crippen LogP contribution < -0.4 is 18.9 Å². The van der Waals surface area contributed by atoms with Gasteiger partial charge in [0.1, 0.15) is 11.5 Å². The second-order valence-electron chi connectivity index (χ2n) is 5.52.